The van der Waals surface area contributed by atoms with E-state index in [1.165, 1.54) is 5.56 Å². The van der Waals surface area contributed by atoms with Crippen LogP contribution in [0.4, 0.5) is 5.82 Å². The summed E-state index contributed by atoms with van der Waals surface area (Å²) in [5.41, 5.74) is 1.18. The highest BCUT2D eigenvalue weighted by molar-refractivity contribution is 7.91. The lowest BCUT2D eigenvalue weighted by Gasteiger charge is -2.15. The van der Waals surface area contributed by atoms with E-state index in [1.54, 1.807) is 6.20 Å². The number of hydrogen-bond acceptors (Lipinski definition) is 4. The molecule has 5 heteroatoms. The number of hydrogen-bond donors (Lipinski definition) is 1. The van der Waals surface area contributed by atoms with Crippen LogP contribution in [-0.4, -0.2) is 31.5 Å². The van der Waals surface area contributed by atoms with Crippen LogP contribution >= 0.6 is 0 Å². The Balaban J connectivity index is 1.99. The zero-order valence-electron chi connectivity index (χ0n) is 10.9. The quantitative estimate of drug-likeness (QED) is 0.908. The number of aromatic nitrogens is 1. The molecule has 1 aliphatic heterocycles. The van der Waals surface area contributed by atoms with E-state index in [0.717, 1.165) is 12.2 Å². The SMILES string of the molecule is CC(C)c1cccnc1NCC1CCS(=O)(=O)C1. The third kappa shape index (κ3) is 3.22. The number of nitrogens with zero attached hydrogens (tertiary/aromatic N) is 1. The zero-order chi connectivity index (χ0) is 13.2. The Hall–Kier alpha value is -1.10. The van der Waals surface area contributed by atoms with Crippen LogP contribution in [0.15, 0.2) is 18.3 Å². The first-order chi connectivity index (χ1) is 8.48. The number of nitrogens with one attached hydrogen (secondary N) is 1. The monoisotopic (exact) mass is 268 g/mol. The molecule has 0 bridgehead atoms. The van der Waals surface area contributed by atoms with Crippen molar-refractivity contribution in [3.8, 4) is 0 Å². The molecule has 2 rings (SSSR count). The Kier molecular flexibility index (Phi) is 3.90. The second-order valence-corrected chi connectivity index (χ2v) is 7.47. The first kappa shape index (κ1) is 13.3. The Morgan fingerprint density at radius 3 is 2.89 bits per heavy atom. The van der Waals surface area contributed by atoms with Crippen molar-refractivity contribution in [2.45, 2.75) is 26.2 Å². The molecule has 1 N–H and O–H groups in total. The highest BCUT2D eigenvalue weighted by Gasteiger charge is 2.27. The minimum atomic E-state index is -2.79. The molecule has 1 aromatic rings. The molecule has 0 aliphatic carbocycles. The third-order valence-electron chi connectivity index (χ3n) is 3.35. The minimum absolute atomic E-state index is 0.219. The van der Waals surface area contributed by atoms with Gasteiger partial charge in [0.25, 0.3) is 0 Å². The van der Waals surface area contributed by atoms with E-state index in [4.69, 9.17) is 0 Å². The lowest BCUT2D eigenvalue weighted by atomic mass is 10.0. The summed E-state index contributed by atoms with van der Waals surface area (Å²) in [7, 11) is -2.79. The molecule has 100 valence electrons. The molecule has 2 heterocycles. The number of pyridine rings is 1. The molecule has 0 aromatic carbocycles. The van der Waals surface area contributed by atoms with Crippen LogP contribution in [0.1, 0.15) is 31.7 Å². The van der Waals surface area contributed by atoms with Gasteiger partial charge in [0.1, 0.15) is 5.82 Å². The van der Waals surface area contributed by atoms with Crippen molar-refractivity contribution >= 4 is 15.7 Å². The Labute approximate surface area is 109 Å². The fraction of sp³-hybridized carbons (Fsp3) is 0.615. The van der Waals surface area contributed by atoms with Gasteiger partial charge in [-0.15, -0.1) is 0 Å². The summed E-state index contributed by atoms with van der Waals surface area (Å²) in [4.78, 5) is 4.34. The summed E-state index contributed by atoms with van der Waals surface area (Å²) in [5.74, 6) is 2.16. The van der Waals surface area contributed by atoms with Gasteiger partial charge in [-0.2, -0.15) is 0 Å². The topological polar surface area (TPSA) is 59.1 Å². The second kappa shape index (κ2) is 5.26. The van der Waals surface area contributed by atoms with Crippen LogP contribution in [0.2, 0.25) is 0 Å². The molecule has 1 atom stereocenters. The van der Waals surface area contributed by atoms with Gasteiger partial charge in [0, 0.05) is 12.7 Å². The fourth-order valence-electron chi connectivity index (χ4n) is 2.31. The first-order valence-corrected chi connectivity index (χ1v) is 8.19. The van der Waals surface area contributed by atoms with Crippen LogP contribution in [0.3, 0.4) is 0 Å². The fourth-order valence-corrected chi connectivity index (χ4v) is 4.17. The number of sulfone groups is 1. The second-order valence-electron chi connectivity index (χ2n) is 5.25. The normalized spacial score (nSPS) is 22.3. The van der Waals surface area contributed by atoms with E-state index in [9.17, 15) is 8.42 Å². The predicted octanol–water partition coefficient (Wildman–Crippen LogP) is 2.05. The van der Waals surface area contributed by atoms with Gasteiger partial charge in [0.2, 0.25) is 0 Å². The number of anilines is 1. The molecule has 18 heavy (non-hydrogen) atoms. The molecule has 0 spiro atoms. The van der Waals surface area contributed by atoms with Crippen molar-refractivity contribution in [3.05, 3.63) is 23.9 Å². The Bertz CT molecular complexity index is 511. The van der Waals surface area contributed by atoms with Gasteiger partial charge in [0.05, 0.1) is 11.5 Å². The van der Waals surface area contributed by atoms with E-state index in [2.05, 4.69) is 30.2 Å². The van der Waals surface area contributed by atoms with Crippen LogP contribution in [0.5, 0.6) is 0 Å². The summed E-state index contributed by atoms with van der Waals surface area (Å²) in [6.45, 7) is 4.94. The van der Waals surface area contributed by atoms with Gasteiger partial charge in [-0.05, 0) is 29.9 Å². The van der Waals surface area contributed by atoms with Gasteiger partial charge in [-0.1, -0.05) is 19.9 Å². The first-order valence-electron chi connectivity index (χ1n) is 6.37. The van der Waals surface area contributed by atoms with E-state index in [1.807, 2.05) is 6.07 Å². The maximum Gasteiger partial charge on any atom is 0.150 e. The molecular weight excluding hydrogens is 248 g/mol. The maximum atomic E-state index is 11.4. The van der Waals surface area contributed by atoms with Crippen LogP contribution in [0, 0.1) is 5.92 Å². The van der Waals surface area contributed by atoms with Crippen molar-refractivity contribution in [1.82, 2.24) is 4.98 Å². The molecule has 1 fully saturated rings. The average Bonchev–Trinajstić information content (AvgIpc) is 2.66. The van der Waals surface area contributed by atoms with E-state index in [-0.39, 0.29) is 5.92 Å². The average molecular weight is 268 g/mol. The maximum absolute atomic E-state index is 11.4. The van der Waals surface area contributed by atoms with Crippen molar-refractivity contribution in [3.63, 3.8) is 0 Å². The van der Waals surface area contributed by atoms with Gasteiger partial charge >= 0.3 is 0 Å². The molecular formula is C13H20N2O2S. The van der Waals surface area contributed by atoms with E-state index in [0.29, 0.717) is 24.0 Å². The summed E-state index contributed by atoms with van der Waals surface area (Å²) in [6, 6.07) is 3.99. The lowest BCUT2D eigenvalue weighted by Crippen LogP contribution is -2.17. The summed E-state index contributed by atoms with van der Waals surface area (Å²) in [6.07, 6.45) is 2.53. The van der Waals surface area contributed by atoms with Crippen molar-refractivity contribution in [1.29, 1.82) is 0 Å². The zero-order valence-corrected chi connectivity index (χ0v) is 11.7. The van der Waals surface area contributed by atoms with Gasteiger partial charge < -0.3 is 5.32 Å². The molecule has 0 saturated carbocycles. The van der Waals surface area contributed by atoms with Gasteiger partial charge in [-0.3, -0.25) is 0 Å². The third-order valence-corrected chi connectivity index (χ3v) is 5.18. The summed E-state index contributed by atoms with van der Waals surface area (Å²) >= 11 is 0. The molecule has 1 unspecified atom stereocenters. The summed E-state index contributed by atoms with van der Waals surface area (Å²) < 4.78 is 22.8. The van der Waals surface area contributed by atoms with Crippen LogP contribution < -0.4 is 5.32 Å². The van der Waals surface area contributed by atoms with Crippen LogP contribution in [0.25, 0.3) is 0 Å². The molecule has 0 amide bonds. The van der Waals surface area contributed by atoms with E-state index < -0.39 is 9.84 Å². The van der Waals surface area contributed by atoms with Crippen molar-refractivity contribution < 1.29 is 8.42 Å². The van der Waals surface area contributed by atoms with E-state index >= 15 is 0 Å². The van der Waals surface area contributed by atoms with Gasteiger partial charge in [0.15, 0.2) is 9.84 Å². The van der Waals surface area contributed by atoms with Crippen molar-refractivity contribution in [2.24, 2.45) is 5.92 Å². The molecule has 1 aliphatic rings. The predicted molar refractivity (Wildman–Crippen MR) is 73.6 cm³/mol. The highest BCUT2D eigenvalue weighted by atomic mass is 32.2. The summed E-state index contributed by atoms with van der Waals surface area (Å²) in [5, 5.41) is 3.30. The number of rotatable bonds is 4. The minimum Gasteiger partial charge on any atom is -0.370 e. The van der Waals surface area contributed by atoms with Crippen LogP contribution in [-0.2, 0) is 9.84 Å². The van der Waals surface area contributed by atoms with Crippen molar-refractivity contribution in [2.75, 3.05) is 23.4 Å². The standard InChI is InChI=1S/C13H20N2O2S/c1-10(2)12-4-3-6-14-13(12)15-8-11-5-7-18(16,17)9-11/h3-4,6,10-11H,5,7-9H2,1-2H3,(H,14,15). The van der Waals surface area contributed by atoms with Gasteiger partial charge in [-0.25, -0.2) is 13.4 Å². The molecule has 4 nitrogen and oxygen atoms in total. The molecule has 1 saturated heterocycles. The lowest BCUT2D eigenvalue weighted by molar-refractivity contribution is 0.595. The smallest absolute Gasteiger partial charge is 0.150 e. The Morgan fingerprint density at radius 2 is 2.28 bits per heavy atom. The molecule has 1 aromatic heterocycles. The highest BCUT2D eigenvalue weighted by Crippen LogP contribution is 2.23. The largest absolute Gasteiger partial charge is 0.370 e. The molecule has 0 radical (unpaired) electrons. The Morgan fingerprint density at radius 1 is 1.50 bits per heavy atom.